The molecule has 0 saturated carbocycles. The van der Waals surface area contributed by atoms with Crippen molar-refractivity contribution in [3.05, 3.63) is 52.9 Å². The van der Waals surface area contributed by atoms with Gasteiger partial charge >= 0.3 is 0 Å². The van der Waals surface area contributed by atoms with Gasteiger partial charge in [0.1, 0.15) is 23.2 Å². The Kier molecular flexibility index (Phi) is 6.38. The van der Waals surface area contributed by atoms with E-state index >= 15 is 0 Å². The number of rotatable bonds is 6. The Morgan fingerprint density at radius 3 is 2.11 bits per heavy atom. The molecule has 0 aliphatic rings. The van der Waals surface area contributed by atoms with E-state index in [-0.39, 0.29) is 11.9 Å². The number of hydrogen-bond donors (Lipinski definition) is 3. The van der Waals surface area contributed by atoms with Crippen LogP contribution in [0.3, 0.4) is 0 Å². The van der Waals surface area contributed by atoms with Gasteiger partial charge in [0.05, 0.1) is 0 Å². The normalized spacial score (nSPS) is 11.8. The molecular formula is C18H21F2N5O2. The Hall–Kier alpha value is -3.10. The Bertz CT molecular complexity index is 817. The summed E-state index contributed by atoms with van der Waals surface area (Å²) >= 11 is 0. The number of carbonyl (C=O) groups is 2. The summed E-state index contributed by atoms with van der Waals surface area (Å²) in [5, 5.41) is 2.36. The van der Waals surface area contributed by atoms with Crippen LogP contribution in [0.25, 0.3) is 0 Å². The van der Waals surface area contributed by atoms with Crippen molar-refractivity contribution in [3.8, 4) is 0 Å². The minimum atomic E-state index is -1.03. The standard InChI is InChI=1S/C18H21F2N5O2/c1-9(2)15(23-16(26)14-12(19)6-5-7-13(14)20)17(27)24-25-18-21-10(3)8-11(4)22-18/h5-9,15H,1-4H3,(H,23,26)(H,24,27)(H,21,22,25). The zero-order valence-electron chi connectivity index (χ0n) is 15.4. The first-order valence-corrected chi connectivity index (χ1v) is 8.32. The van der Waals surface area contributed by atoms with Gasteiger partial charge in [-0.3, -0.25) is 20.4 Å². The van der Waals surface area contributed by atoms with Crippen molar-refractivity contribution in [2.75, 3.05) is 5.43 Å². The molecule has 1 heterocycles. The molecule has 9 heteroatoms. The van der Waals surface area contributed by atoms with Crippen molar-refractivity contribution in [2.24, 2.45) is 5.92 Å². The smallest absolute Gasteiger partial charge is 0.261 e. The molecule has 2 rings (SSSR count). The van der Waals surface area contributed by atoms with E-state index in [0.717, 1.165) is 18.2 Å². The highest BCUT2D eigenvalue weighted by Gasteiger charge is 2.27. The average Bonchev–Trinajstić information content (AvgIpc) is 2.56. The maximum atomic E-state index is 13.8. The topological polar surface area (TPSA) is 96.0 Å². The van der Waals surface area contributed by atoms with Crippen LogP contribution in [0.2, 0.25) is 0 Å². The maximum Gasteiger partial charge on any atom is 0.261 e. The molecule has 144 valence electrons. The molecule has 3 N–H and O–H groups in total. The lowest BCUT2D eigenvalue weighted by Gasteiger charge is -2.22. The van der Waals surface area contributed by atoms with Crippen molar-refractivity contribution >= 4 is 17.8 Å². The van der Waals surface area contributed by atoms with Gasteiger partial charge in [0.25, 0.3) is 11.8 Å². The lowest BCUT2D eigenvalue weighted by atomic mass is 10.0. The van der Waals surface area contributed by atoms with Gasteiger partial charge in [-0.1, -0.05) is 19.9 Å². The van der Waals surface area contributed by atoms with E-state index in [1.54, 1.807) is 33.8 Å². The Morgan fingerprint density at radius 1 is 1.04 bits per heavy atom. The van der Waals surface area contributed by atoms with Crippen molar-refractivity contribution in [1.29, 1.82) is 0 Å². The number of hydrogen-bond acceptors (Lipinski definition) is 5. The molecule has 0 bridgehead atoms. The summed E-state index contributed by atoms with van der Waals surface area (Å²) < 4.78 is 27.5. The summed E-state index contributed by atoms with van der Waals surface area (Å²) in [5.41, 5.74) is 5.67. The predicted molar refractivity (Wildman–Crippen MR) is 95.7 cm³/mol. The van der Waals surface area contributed by atoms with Gasteiger partial charge in [-0.2, -0.15) is 0 Å². The number of anilines is 1. The minimum Gasteiger partial charge on any atom is -0.340 e. The lowest BCUT2D eigenvalue weighted by molar-refractivity contribution is -0.123. The highest BCUT2D eigenvalue weighted by molar-refractivity contribution is 5.98. The van der Waals surface area contributed by atoms with Gasteiger partial charge in [0.15, 0.2) is 0 Å². The van der Waals surface area contributed by atoms with E-state index in [0.29, 0.717) is 11.4 Å². The van der Waals surface area contributed by atoms with Gasteiger partial charge in [0, 0.05) is 11.4 Å². The summed E-state index contributed by atoms with van der Waals surface area (Å²) in [4.78, 5) is 32.9. The Balaban J connectivity index is 2.10. The predicted octanol–water partition coefficient (Wildman–Crippen LogP) is 2.27. The third-order valence-electron chi connectivity index (χ3n) is 3.71. The van der Waals surface area contributed by atoms with Crippen LogP contribution in [0.15, 0.2) is 24.3 Å². The highest BCUT2D eigenvalue weighted by Crippen LogP contribution is 2.13. The molecule has 0 fully saturated rings. The van der Waals surface area contributed by atoms with Gasteiger partial charge in [0.2, 0.25) is 5.95 Å². The second kappa shape index (κ2) is 8.52. The van der Waals surface area contributed by atoms with Crippen LogP contribution in [0.1, 0.15) is 35.6 Å². The first kappa shape index (κ1) is 20.2. The second-order valence-corrected chi connectivity index (χ2v) is 6.38. The summed E-state index contributed by atoms with van der Waals surface area (Å²) in [6.45, 7) is 6.94. The van der Waals surface area contributed by atoms with E-state index in [2.05, 4.69) is 26.1 Å². The fraction of sp³-hybridized carbons (Fsp3) is 0.333. The lowest BCUT2D eigenvalue weighted by Crippen LogP contribution is -2.51. The summed E-state index contributed by atoms with van der Waals surface area (Å²) in [5.74, 6) is -3.77. The van der Waals surface area contributed by atoms with Crippen LogP contribution in [-0.2, 0) is 4.79 Å². The van der Waals surface area contributed by atoms with Crippen molar-refractivity contribution < 1.29 is 18.4 Å². The molecule has 0 spiro atoms. The number of aryl methyl sites for hydroxylation is 2. The number of benzene rings is 1. The highest BCUT2D eigenvalue weighted by atomic mass is 19.1. The summed E-state index contributed by atoms with van der Waals surface area (Å²) in [7, 11) is 0. The summed E-state index contributed by atoms with van der Waals surface area (Å²) in [6, 6.07) is 3.84. The van der Waals surface area contributed by atoms with E-state index in [1.165, 1.54) is 0 Å². The van der Waals surface area contributed by atoms with E-state index in [4.69, 9.17) is 0 Å². The van der Waals surface area contributed by atoms with Crippen LogP contribution < -0.4 is 16.2 Å². The SMILES string of the molecule is Cc1cc(C)nc(NNC(=O)C(NC(=O)c2c(F)cccc2F)C(C)C)n1. The van der Waals surface area contributed by atoms with Crippen LogP contribution in [0.5, 0.6) is 0 Å². The number of hydrazine groups is 1. The molecule has 27 heavy (non-hydrogen) atoms. The van der Waals surface area contributed by atoms with Crippen LogP contribution in [0.4, 0.5) is 14.7 Å². The van der Waals surface area contributed by atoms with Crippen molar-refractivity contribution in [2.45, 2.75) is 33.7 Å². The molecule has 1 aromatic carbocycles. The Morgan fingerprint density at radius 2 is 1.59 bits per heavy atom. The van der Waals surface area contributed by atoms with Crippen LogP contribution >= 0.6 is 0 Å². The van der Waals surface area contributed by atoms with Crippen LogP contribution in [0, 0.1) is 31.4 Å². The van der Waals surface area contributed by atoms with E-state index < -0.39 is 35.1 Å². The van der Waals surface area contributed by atoms with Gasteiger partial charge in [-0.05, 0) is 38.0 Å². The third-order valence-corrected chi connectivity index (χ3v) is 3.71. The number of nitrogens with zero attached hydrogens (tertiary/aromatic N) is 2. The van der Waals surface area contributed by atoms with E-state index in [9.17, 15) is 18.4 Å². The number of amides is 2. The molecule has 1 atom stereocenters. The number of aromatic nitrogens is 2. The molecule has 0 aliphatic heterocycles. The first-order chi connectivity index (χ1) is 12.7. The largest absolute Gasteiger partial charge is 0.340 e. The first-order valence-electron chi connectivity index (χ1n) is 8.32. The second-order valence-electron chi connectivity index (χ2n) is 6.38. The van der Waals surface area contributed by atoms with Crippen molar-refractivity contribution in [1.82, 2.24) is 20.7 Å². The van der Waals surface area contributed by atoms with Crippen LogP contribution in [-0.4, -0.2) is 27.8 Å². The minimum absolute atomic E-state index is 0.190. The fourth-order valence-corrected chi connectivity index (χ4v) is 2.44. The molecule has 1 aromatic heterocycles. The fourth-order valence-electron chi connectivity index (χ4n) is 2.44. The van der Waals surface area contributed by atoms with Crippen molar-refractivity contribution in [3.63, 3.8) is 0 Å². The molecule has 0 radical (unpaired) electrons. The van der Waals surface area contributed by atoms with Gasteiger partial charge in [-0.15, -0.1) is 0 Å². The number of nitrogens with one attached hydrogen (secondary N) is 3. The number of halogens is 2. The number of carbonyl (C=O) groups excluding carboxylic acids is 2. The zero-order chi connectivity index (χ0) is 20.1. The molecule has 0 aliphatic carbocycles. The van der Waals surface area contributed by atoms with Gasteiger partial charge < -0.3 is 5.32 Å². The average molecular weight is 377 g/mol. The zero-order valence-corrected chi connectivity index (χ0v) is 15.4. The monoisotopic (exact) mass is 377 g/mol. The third kappa shape index (κ3) is 5.19. The summed E-state index contributed by atoms with van der Waals surface area (Å²) in [6.07, 6.45) is 0. The Labute approximate surface area is 155 Å². The molecule has 7 nitrogen and oxygen atoms in total. The molecule has 2 amide bonds. The molecule has 0 saturated heterocycles. The van der Waals surface area contributed by atoms with E-state index in [1.807, 2.05) is 0 Å². The maximum absolute atomic E-state index is 13.8. The van der Waals surface area contributed by atoms with Gasteiger partial charge in [-0.25, -0.2) is 18.7 Å². The quantitative estimate of drug-likeness (QED) is 0.671. The molecule has 2 aromatic rings. The molecule has 1 unspecified atom stereocenters. The molecular weight excluding hydrogens is 356 g/mol.